The molecule has 0 aromatic carbocycles. The van der Waals surface area contributed by atoms with Crippen LogP contribution in [0.15, 0.2) is 0 Å². The summed E-state index contributed by atoms with van der Waals surface area (Å²) in [5.74, 6) is 0.757. The fourth-order valence-electron chi connectivity index (χ4n) is 2.61. The zero-order chi connectivity index (χ0) is 13.2. The first-order chi connectivity index (χ1) is 8.77. The lowest BCUT2D eigenvalue weighted by molar-refractivity contribution is -0.147. The van der Waals surface area contributed by atoms with E-state index in [0.29, 0.717) is 15.4 Å². The standard InChI is InChI=1S/C14H27O3P/c1-3-16-14(15)13(11-18-17-4-2)10-12-8-6-5-7-9-12/h12-13,18H,3-11H2,1-2H3. The Morgan fingerprint density at radius 1 is 1.22 bits per heavy atom. The Labute approximate surface area is 113 Å². The van der Waals surface area contributed by atoms with Crippen LogP contribution in [0.2, 0.25) is 0 Å². The number of hydrogen-bond acceptors (Lipinski definition) is 3. The van der Waals surface area contributed by atoms with Crippen LogP contribution in [0.1, 0.15) is 52.4 Å². The van der Waals surface area contributed by atoms with Crippen LogP contribution in [0.5, 0.6) is 0 Å². The fraction of sp³-hybridized carbons (Fsp3) is 0.929. The van der Waals surface area contributed by atoms with E-state index in [1.807, 2.05) is 13.8 Å². The number of esters is 1. The van der Waals surface area contributed by atoms with Crippen molar-refractivity contribution in [3.05, 3.63) is 0 Å². The molecule has 0 bridgehead atoms. The average molecular weight is 274 g/mol. The van der Waals surface area contributed by atoms with Gasteiger partial charge in [0.2, 0.25) is 0 Å². The zero-order valence-corrected chi connectivity index (χ0v) is 12.7. The highest BCUT2D eigenvalue weighted by Crippen LogP contribution is 2.31. The van der Waals surface area contributed by atoms with Gasteiger partial charge in [0.25, 0.3) is 0 Å². The molecular formula is C14H27O3P. The van der Waals surface area contributed by atoms with Gasteiger partial charge >= 0.3 is 5.97 Å². The summed E-state index contributed by atoms with van der Waals surface area (Å²) in [4.78, 5) is 11.9. The largest absolute Gasteiger partial charge is 0.466 e. The zero-order valence-electron chi connectivity index (χ0n) is 11.7. The van der Waals surface area contributed by atoms with Crippen LogP contribution >= 0.6 is 8.81 Å². The first-order valence-electron chi connectivity index (χ1n) is 7.29. The van der Waals surface area contributed by atoms with E-state index >= 15 is 0 Å². The highest BCUT2D eigenvalue weighted by molar-refractivity contribution is 7.32. The number of rotatable bonds is 8. The van der Waals surface area contributed by atoms with Gasteiger partial charge in [0, 0.05) is 21.6 Å². The number of carbonyl (C=O) groups excluding carboxylic acids is 1. The molecule has 1 aliphatic rings. The molecule has 1 rings (SSSR count). The lowest BCUT2D eigenvalue weighted by atomic mass is 9.83. The third-order valence-electron chi connectivity index (χ3n) is 3.54. The van der Waals surface area contributed by atoms with Gasteiger partial charge in [0.05, 0.1) is 12.5 Å². The van der Waals surface area contributed by atoms with Gasteiger partial charge in [-0.1, -0.05) is 32.1 Å². The Hall–Kier alpha value is -0.140. The van der Waals surface area contributed by atoms with Crippen molar-refractivity contribution in [2.24, 2.45) is 11.8 Å². The summed E-state index contributed by atoms with van der Waals surface area (Å²) < 4.78 is 10.6. The number of hydrogen-bond donors (Lipinski definition) is 0. The molecule has 1 fully saturated rings. The van der Waals surface area contributed by atoms with Crippen molar-refractivity contribution in [3.63, 3.8) is 0 Å². The van der Waals surface area contributed by atoms with Crippen molar-refractivity contribution in [2.75, 3.05) is 19.4 Å². The topological polar surface area (TPSA) is 35.5 Å². The van der Waals surface area contributed by atoms with Gasteiger partial charge in [-0.15, -0.1) is 0 Å². The summed E-state index contributed by atoms with van der Waals surface area (Å²) in [6.45, 7) is 5.09. The van der Waals surface area contributed by atoms with Crippen molar-refractivity contribution >= 4 is 14.8 Å². The molecule has 0 saturated heterocycles. The smallest absolute Gasteiger partial charge is 0.309 e. The van der Waals surface area contributed by atoms with Gasteiger partial charge in [-0.3, -0.25) is 4.79 Å². The normalized spacial score (nSPS) is 19.2. The first kappa shape index (κ1) is 15.9. The second-order valence-electron chi connectivity index (χ2n) is 4.97. The Morgan fingerprint density at radius 2 is 1.94 bits per heavy atom. The molecule has 0 aromatic heterocycles. The third kappa shape index (κ3) is 6.15. The van der Waals surface area contributed by atoms with Crippen LogP contribution in [-0.4, -0.2) is 25.3 Å². The quantitative estimate of drug-likeness (QED) is 0.384. The van der Waals surface area contributed by atoms with Gasteiger partial charge in [-0.25, -0.2) is 0 Å². The molecule has 106 valence electrons. The van der Waals surface area contributed by atoms with Gasteiger partial charge < -0.3 is 9.26 Å². The van der Waals surface area contributed by atoms with E-state index < -0.39 is 0 Å². The highest BCUT2D eigenvalue weighted by atomic mass is 31.1. The van der Waals surface area contributed by atoms with E-state index in [4.69, 9.17) is 9.26 Å². The maximum Gasteiger partial charge on any atom is 0.309 e. The van der Waals surface area contributed by atoms with E-state index in [0.717, 1.165) is 25.1 Å². The maximum absolute atomic E-state index is 11.9. The fourth-order valence-corrected chi connectivity index (χ4v) is 3.47. The maximum atomic E-state index is 11.9. The predicted molar refractivity (Wildman–Crippen MR) is 76.1 cm³/mol. The molecule has 0 radical (unpaired) electrons. The van der Waals surface area contributed by atoms with Crippen molar-refractivity contribution in [3.8, 4) is 0 Å². The molecule has 0 N–H and O–H groups in total. The minimum Gasteiger partial charge on any atom is -0.466 e. The second-order valence-corrected chi connectivity index (χ2v) is 5.96. The average Bonchev–Trinajstić information content (AvgIpc) is 2.39. The molecule has 4 heteroatoms. The van der Waals surface area contributed by atoms with E-state index in [1.165, 1.54) is 32.1 Å². The molecule has 1 saturated carbocycles. The summed E-state index contributed by atoms with van der Waals surface area (Å²) in [6.07, 6.45) is 8.42. The molecule has 0 aliphatic heterocycles. The van der Waals surface area contributed by atoms with E-state index in [1.54, 1.807) is 0 Å². The van der Waals surface area contributed by atoms with Crippen molar-refractivity contribution in [2.45, 2.75) is 52.4 Å². The Bertz CT molecular complexity index is 227. The van der Waals surface area contributed by atoms with Crippen molar-refractivity contribution in [1.29, 1.82) is 0 Å². The van der Waals surface area contributed by atoms with Crippen molar-refractivity contribution < 1.29 is 14.1 Å². The Kier molecular flexibility index (Phi) is 8.62. The van der Waals surface area contributed by atoms with Crippen LogP contribution in [0.3, 0.4) is 0 Å². The lowest BCUT2D eigenvalue weighted by Gasteiger charge is -2.25. The van der Waals surface area contributed by atoms with Gasteiger partial charge in [-0.2, -0.15) is 0 Å². The Balaban J connectivity index is 2.38. The van der Waals surface area contributed by atoms with Crippen LogP contribution in [0.4, 0.5) is 0 Å². The Morgan fingerprint density at radius 3 is 2.56 bits per heavy atom. The lowest BCUT2D eigenvalue weighted by Crippen LogP contribution is -2.23. The molecule has 0 amide bonds. The van der Waals surface area contributed by atoms with E-state index in [-0.39, 0.29) is 11.9 Å². The molecule has 0 aromatic rings. The molecule has 0 heterocycles. The van der Waals surface area contributed by atoms with Crippen LogP contribution in [-0.2, 0) is 14.1 Å². The minimum atomic E-state index is -0.0183. The molecule has 1 aliphatic carbocycles. The molecule has 18 heavy (non-hydrogen) atoms. The van der Waals surface area contributed by atoms with Gasteiger partial charge in [-0.05, 0) is 26.2 Å². The summed E-state index contributed by atoms with van der Waals surface area (Å²) >= 11 is 0. The number of carbonyl (C=O) groups is 1. The highest BCUT2D eigenvalue weighted by Gasteiger charge is 2.25. The van der Waals surface area contributed by atoms with Crippen molar-refractivity contribution in [1.82, 2.24) is 0 Å². The molecule has 2 unspecified atom stereocenters. The minimum absolute atomic E-state index is 0.0183. The monoisotopic (exact) mass is 274 g/mol. The van der Waals surface area contributed by atoms with E-state index in [2.05, 4.69) is 0 Å². The predicted octanol–water partition coefficient (Wildman–Crippen LogP) is 3.77. The molecular weight excluding hydrogens is 247 g/mol. The number of ether oxygens (including phenoxy) is 1. The first-order valence-corrected chi connectivity index (χ1v) is 8.40. The summed E-state index contributed by atoms with van der Waals surface area (Å²) in [7, 11) is 0.430. The van der Waals surface area contributed by atoms with Crippen LogP contribution < -0.4 is 0 Å². The molecule has 3 nitrogen and oxygen atoms in total. The molecule has 0 spiro atoms. The molecule has 2 atom stereocenters. The van der Waals surface area contributed by atoms with E-state index in [9.17, 15) is 4.79 Å². The summed E-state index contributed by atoms with van der Waals surface area (Å²) in [5.41, 5.74) is 0. The SMILES string of the molecule is CCOPCC(CC1CCCCC1)C(=O)OCC. The van der Waals surface area contributed by atoms with Gasteiger partial charge in [0.1, 0.15) is 0 Å². The van der Waals surface area contributed by atoms with Gasteiger partial charge in [0.15, 0.2) is 0 Å². The van der Waals surface area contributed by atoms with Crippen LogP contribution in [0.25, 0.3) is 0 Å². The summed E-state index contributed by atoms with van der Waals surface area (Å²) in [6, 6.07) is 0. The third-order valence-corrected chi connectivity index (χ3v) is 4.69. The van der Waals surface area contributed by atoms with Crippen LogP contribution in [0, 0.1) is 11.8 Å². The summed E-state index contributed by atoms with van der Waals surface area (Å²) in [5, 5.41) is 0. The second kappa shape index (κ2) is 9.75.